The van der Waals surface area contributed by atoms with Crippen LogP contribution in [0.1, 0.15) is 13.8 Å². The molecule has 0 bridgehead atoms. The van der Waals surface area contributed by atoms with Gasteiger partial charge in [-0.2, -0.15) is 0 Å². The Labute approximate surface area is 93.8 Å². The molecule has 0 rings (SSSR count). The molecule has 12 heavy (non-hydrogen) atoms. The standard InChI is InChI=1S/C6H12N2S4/c1-3-8(7-5(9)10)6(11)12-4-2/h3-4H2,1-2H3,(H2,7,9,10). The van der Waals surface area contributed by atoms with Gasteiger partial charge in [0, 0.05) is 6.54 Å². The molecule has 0 aliphatic carbocycles. The average Bonchev–Trinajstić information content (AvgIpc) is 2.00. The van der Waals surface area contributed by atoms with E-state index in [1.165, 1.54) is 0 Å². The largest absolute Gasteiger partial charge is 0.282 e. The number of hydrogen-bond donors (Lipinski definition) is 2. The summed E-state index contributed by atoms with van der Waals surface area (Å²) in [4.78, 5) is 0. The summed E-state index contributed by atoms with van der Waals surface area (Å²) in [7, 11) is 0. The highest BCUT2D eigenvalue weighted by atomic mass is 32.2. The molecule has 0 spiro atoms. The molecule has 6 heteroatoms. The van der Waals surface area contributed by atoms with Crippen LogP contribution in [0.25, 0.3) is 0 Å². The van der Waals surface area contributed by atoms with E-state index in [9.17, 15) is 0 Å². The molecule has 0 aromatic heterocycles. The topological polar surface area (TPSA) is 15.3 Å². The Morgan fingerprint density at radius 3 is 2.42 bits per heavy atom. The predicted octanol–water partition coefficient (Wildman–Crippen LogP) is 2.07. The molecule has 0 unspecified atom stereocenters. The van der Waals surface area contributed by atoms with E-state index in [0.717, 1.165) is 16.6 Å². The lowest BCUT2D eigenvalue weighted by Gasteiger charge is -2.23. The smallest absolute Gasteiger partial charge is 0.154 e. The third-order valence-corrected chi connectivity index (χ3v) is 2.56. The highest BCUT2D eigenvalue weighted by Gasteiger charge is 2.06. The highest BCUT2D eigenvalue weighted by Crippen LogP contribution is 2.06. The third-order valence-electron chi connectivity index (χ3n) is 1.04. The molecule has 70 valence electrons. The van der Waals surface area contributed by atoms with E-state index in [1.54, 1.807) is 16.8 Å². The molecular formula is C6H12N2S4. The number of thioether (sulfide) groups is 1. The Kier molecular flexibility index (Phi) is 7.22. The van der Waals surface area contributed by atoms with Crippen LogP contribution in [0.15, 0.2) is 0 Å². The Bertz CT molecular complexity index is 171. The number of nitrogens with zero attached hydrogens (tertiary/aromatic N) is 1. The van der Waals surface area contributed by atoms with Gasteiger partial charge < -0.3 is 0 Å². The zero-order valence-electron chi connectivity index (χ0n) is 7.03. The number of hydrazine groups is 1. The van der Waals surface area contributed by atoms with E-state index in [0.29, 0.717) is 4.32 Å². The summed E-state index contributed by atoms with van der Waals surface area (Å²) in [6.45, 7) is 4.85. The van der Waals surface area contributed by atoms with Crippen molar-refractivity contribution in [2.75, 3.05) is 12.3 Å². The van der Waals surface area contributed by atoms with E-state index in [1.807, 2.05) is 6.92 Å². The first-order valence-corrected chi connectivity index (χ1v) is 5.80. The zero-order chi connectivity index (χ0) is 9.56. The summed E-state index contributed by atoms with van der Waals surface area (Å²) in [5, 5.41) is 1.80. The van der Waals surface area contributed by atoms with E-state index < -0.39 is 0 Å². The molecule has 0 atom stereocenters. The van der Waals surface area contributed by atoms with Gasteiger partial charge in [0.15, 0.2) is 4.32 Å². The van der Waals surface area contributed by atoms with Crippen molar-refractivity contribution >= 4 is 57.5 Å². The third kappa shape index (κ3) is 5.18. The van der Waals surface area contributed by atoms with E-state index in [4.69, 9.17) is 24.4 Å². The van der Waals surface area contributed by atoms with Crippen LogP contribution in [-0.4, -0.2) is 25.9 Å². The summed E-state index contributed by atoms with van der Waals surface area (Å²) >= 11 is 15.5. The van der Waals surface area contributed by atoms with Gasteiger partial charge in [0.1, 0.15) is 4.32 Å². The van der Waals surface area contributed by atoms with Crippen LogP contribution >= 0.6 is 48.8 Å². The summed E-state index contributed by atoms with van der Waals surface area (Å²) in [6, 6.07) is 0. The quantitative estimate of drug-likeness (QED) is 0.435. The van der Waals surface area contributed by atoms with Crippen LogP contribution in [0.3, 0.4) is 0 Å². The normalized spacial score (nSPS) is 9.25. The van der Waals surface area contributed by atoms with Gasteiger partial charge in [-0.15, -0.1) is 12.6 Å². The molecule has 0 fully saturated rings. The lowest BCUT2D eigenvalue weighted by molar-refractivity contribution is 0.418. The Balaban J connectivity index is 3.96. The first kappa shape index (κ1) is 12.5. The summed E-state index contributed by atoms with van der Waals surface area (Å²) in [5.74, 6) is 0.969. The van der Waals surface area contributed by atoms with Gasteiger partial charge in [0.2, 0.25) is 0 Å². The molecule has 0 amide bonds. The van der Waals surface area contributed by atoms with E-state index >= 15 is 0 Å². The van der Waals surface area contributed by atoms with Gasteiger partial charge in [-0.1, -0.05) is 43.1 Å². The van der Waals surface area contributed by atoms with Crippen LogP contribution in [0.5, 0.6) is 0 Å². The highest BCUT2D eigenvalue weighted by molar-refractivity contribution is 8.22. The average molecular weight is 240 g/mol. The lowest BCUT2D eigenvalue weighted by atomic mass is 10.7. The van der Waals surface area contributed by atoms with Crippen LogP contribution in [0.2, 0.25) is 0 Å². The van der Waals surface area contributed by atoms with Crippen LogP contribution in [0, 0.1) is 0 Å². The monoisotopic (exact) mass is 240 g/mol. The van der Waals surface area contributed by atoms with Gasteiger partial charge in [0.05, 0.1) is 0 Å². The van der Waals surface area contributed by atoms with Crippen molar-refractivity contribution in [1.82, 2.24) is 10.4 Å². The number of thiol groups is 1. The van der Waals surface area contributed by atoms with Crippen LogP contribution in [0.4, 0.5) is 0 Å². The zero-order valence-corrected chi connectivity index (χ0v) is 10.4. The van der Waals surface area contributed by atoms with Crippen LogP contribution in [-0.2, 0) is 0 Å². The van der Waals surface area contributed by atoms with Crippen LogP contribution < -0.4 is 5.43 Å². The summed E-state index contributed by atoms with van der Waals surface area (Å²) < 4.78 is 1.24. The first-order chi connectivity index (χ1) is 5.61. The molecule has 0 aromatic carbocycles. The fraction of sp³-hybridized carbons (Fsp3) is 0.667. The molecular weight excluding hydrogens is 228 g/mol. The minimum Gasteiger partial charge on any atom is -0.282 e. The maximum absolute atomic E-state index is 5.12. The molecule has 0 aromatic rings. The van der Waals surface area contributed by atoms with Crippen molar-refractivity contribution < 1.29 is 0 Å². The lowest BCUT2D eigenvalue weighted by Crippen LogP contribution is -2.41. The summed E-state index contributed by atoms with van der Waals surface area (Å²) in [5.41, 5.74) is 2.88. The van der Waals surface area contributed by atoms with Gasteiger partial charge in [-0.3, -0.25) is 10.4 Å². The molecule has 0 heterocycles. The SMILES string of the molecule is CCSC(=S)N(CC)NC(=S)S. The second-order valence-corrected chi connectivity index (χ2v) is 4.92. The fourth-order valence-electron chi connectivity index (χ4n) is 0.571. The minimum atomic E-state index is 0.441. The molecule has 2 nitrogen and oxygen atoms in total. The molecule has 0 saturated carbocycles. The van der Waals surface area contributed by atoms with E-state index in [2.05, 4.69) is 25.0 Å². The molecule has 0 saturated heterocycles. The molecule has 0 aliphatic heterocycles. The van der Waals surface area contributed by atoms with Gasteiger partial charge in [0.25, 0.3) is 0 Å². The molecule has 0 aliphatic rings. The minimum absolute atomic E-state index is 0.441. The molecule has 1 N–H and O–H groups in total. The van der Waals surface area contributed by atoms with Gasteiger partial charge in [-0.05, 0) is 12.7 Å². The first-order valence-electron chi connectivity index (χ1n) is 3.55. The maximum Gasteiger partial charge on any atom is 0.154 e. The summed E-state index contributed by atoms with van der Waals surface area (Å²) in [6.07, 6.45) is 0. The fourth-order valence-corrected chi connectivity index (χ4v) is 1.91. The predicted molar refractivity (Wildman–Crippen MR) is 67.8 cm³/mol. The second kappa shape index (κ2) is 6.94. The van der Waals surface area contributed by atoms with Crippen molar-refractivity contribution in [2.45, 2.75) is 13.8 Å². The Morgan fingerprint density at radius 1 is 1.50 bits per heavy atom. The molecule has 0 radical (unpaired) electrons. The van der Waals surface area contributed by atoms with Crippen molar-refractivity contribution in [3.05, 3.63) is 0 Å². The van der Waals surface area contributed by atoms with Gasteiger partial charge in [-0.25, -0.2) is 0 Å². The van der Waals surface area contributed by atoms with E-state index in [-0.39, 0.29) is 0 Å². The van der Waals surface area contributed by atoms with Crippen molar-refractivity contribution in [3.8, 4) is 0 Å². The maximum atomic E-state index is 5.12. The number of rotatable bonds is 2. The van der Waals surface area contributed by atoms with Crippen molar-refractivity contribution in [1.29, 1.82) is 0 Å². The number of hydrogen-bond acceptors (Lipinski definition) is 3. The Morgan fingerprint density at radius 2 is 2.08 bits per heavy atom. The van der Waals surface area contributed by atoms with Crippen molar-refractivity contribution in [3.63, 3.8) is 0 Å². The second-order valence-electron chi connectivity index (χ2n) is 1.86. The Hall–Kier alpha value is 0.480. The number of nitrogens with one attached hydrogen (secondary N) is 1. The number of thiocarbonyl (C=S) groups is 2. The van der Waals surface area contributed by atoms with Crippen molar-refractivity contribution in [2.24, 2.45) is 0 Å². The van der Waals surface area contributed by atoms with Gasteiger partial charge >= 0.3 is 0 Å².